The third-order valence-electron chi connectivity index (χ3n) is 1.73. The molecular weight excluding hydrogens is 140 g/mol. The first-order chi connectivity index (χ1) is 5.18. The normalized spacial score (nSPS) is 26.9. The van der Waals surface area contributed by atoms with E-state index in [2.05, 4.69) is 16.8 Å². The Bertz CT molecular complexity index is 147. The van der Waals surface area contributed by atoms with Gasteiger partial charge in [-0.05, 0) is 6.92 Å². The maximum Gasteiger partial charge on any atom is 0.117 e. The van der Waals surface area contributed by atoms with E-state index in [0.29, 0.717) is 6.54 Å². The van der Waals surface area contributed by atoms with Crippen LogP contribution >= 0.6 is 0 Å². The van der Waals surface area contributed by atoms with Crippen LogP contribution < -0.4 is 5.32 Å². The summed E-state index contributed by atoms with van der Waals surface area (Å²) in [5.41, 5.74) is 1.15. The molecule has 1 atom stereocenters. The van der Waals surface area contributed by atoms with Crippen LogP contribution in [0.4, 0.5) is 0 Å². The molecule has 1 saturated heterocycles. The van der Waals surface area contributed by atoms with Crippen molar-refractivity contribution in [1.82, 2.24) is 10.2 Å². The van der Waals surface area contributed by atoms with E-state index in [1.807, 2.05) is 6.92 Å². The third-order valence-corrected chi connectivity index (χ3v) is 1.73. The van der Waals surface area contributed by atoms with E-state index in [0.717, 1.165) is 25.2 Å². The number of aliphatic hydroxyl groups is 1. The van der Waals surface area contributed by atoms with Crippen molar-refractivity contribution < 1.29 is 5.11 Å². The van der Waals surface area contributed by atoms with Gasteiger partial charge in [0.25, 0.3) is 0 Å². The lowest BCUT2D eigenvalue weighted by Gasteiger charge is -2.30. The molecule has 1 rings (SSSR count). The van der Waals surface area contributed by atoms with E-state index in [4.69, 9.17) is 0 Å². The Kier molecular flexibility index (Phi) is 3.05. The first kappa shape index (κ1) is 8.71. The van der Waals surface area contributed by atoms with E-state index >= 15 is 0 Å². The summed E-state index contributed by atoms with van der Waals surface area (Å²) in [7, 11) is 0. The van der Waals surface area contributed by atoms with Gasteiger partial charge in [0.05, 0.1) is 0 Å². The first-order valence-corrected chi connectivity index (χ1v) is 3.96. The van der Waals surface area contributed by atoms with Gasteiger partial charge >= 0.3 is 0 Å². The first-order valence-electron chi connectivity index (χ1n) is 3.96. The Morgan fingerprint density at radius 1 is 1.82 bits per heavy atom. The Morgan fingerprint density at radius 3 is 3.09 bits per heavy atom. The second kappa shape index (κ2) is 3.85. The van der Waals surface area contributed by atoms with Gasteiger partial charge in [-0.1, -0.05) is 12.2 Å². The fraction of sp³-hybridized carbons (Fsp3) is 0.750. The fourth-order valence-electron chi connectivity index (χ4n) is 1.32. The number of hydrogen-bond donors (Lipinski definition) is 2. The van der Waals surface area contributed by atoms with Gasteiger partial charge in [-0.15, -0.1) is 0 Å². The van der Waals surface area contributed by atoms with Crippen molar-refractivity contribution >= 4 is 0 Å². The third kappa shape index (κ3) is 3.01. The summed E-state index contributed by atoms with van der Waals surface area (Å²) in [6.45, 7) is 9.33. The largest absolute Gasteiger partial charge is 0.377 e. The predicted octanol–water partition coefficient (Wildman–Crippen LogP) is -0.214. The predicted molar refractivity (Wildman–Crippen MR) is 45.3 cm³/mol. The summed E-state index contributed by atoms with van der Waals surface area (Å²) in [4.78, 5) is 2.20. The Morgan fingerprint density at radius 2 is 2.55 bits per heavy atom. The summed E-state index contributed by atoms with van der Waals surface area (Å²) in [6.07, 6.45) is -0.358. The van der Waals surface area contributed by atoms with Gasteiger partial charge in [0.2, 0.25) is 0 Å². The zero-order valence-electron chi connectivity index (χ0n) is 7.01. The molecule has 3 heteroatoms. The molecule has 0 aliphatic carbocycles. The molecule has 3 nitrogen and oxygen atoms in total. The van der Waals surface area contributed by atoms with Gasteiger partial charge in [-0.3, -0.25) is 10.2 Å². The summed E-state index contributed by atoms with van der Waals surface area (Å²) < 4.78 is 0. The molecule has 1 fully saturated rings. The highest BCUT2D eigenvalue weighted by atomic mass is 16.3. The quantitative estimate of drug-likeness (QED) is 0.543. The van der Waals surface area contributed by atoms with Crippen LogP contribution in [0.3, 0.4) is 0 Å². The molecule has 2 N–H and O–H groups in total. The molecule has 0 aromatic rings. The summed E-state index contributed by atoms with van der Waals surface area (Å²) in [6, 6.07) is 0. The molecule has 0 saturated carbocycles. The number of nitrogens with one attached hydrogen (secondary N) is 1. The second-order valence-electron chi connectivity index (χ2n) is 3.16. The van der Waals surface area contributed by atoms with Crippen molar-refractivity contribution in [2.24, 2.45) is 0 Å². The minimum atomic E-state index is -0.358. The number of piperazine rings is 1. The van der Waals surface area contributed by atoms with Gasteiger partial charge < -0.3 is 5.11 Å². The van der Waals surface area contributed by atoms with Gasteiger partial charge in [-0.25, -0.2) is 0 Å². The van der Waals surface area contributed by atoms with Crippen LogP contribution in [-0.2, 0) is 0 Å². The average Bonchev–Trinajstić information content (AvgIpc) is 1.85. The van der Waals surface area contributed by atoms with Gasteiger partial charge in [-0.2, -0.15) is 0 Å². The lowest BCUT2D eigenvalue weighted by Crippen LogP contribution is -2.50. The molecule has 1 unspecified atom stereocenters. The highest BCUT2D eigenvalue weighted by molar-refractivity contribution is 4.93. The second-order valence-corrected chi connectivity index (χ2v) is 3.16. The maximum atomic E-state index is 9.21. The van der Waals surface area contributed by atoms with Crippen LogP contribution in [0, 0.1) is 0 Å². The Balaban J connectivity index is 2.28. The monoisotopic (exact) mass is 156 g/mol. The smallest absolute Gasteiger partial charge is 0.117 e. The molecule has 0 bridgehead atoms. The number of β-amino-alcohol motifs (C(OH)–C–C–N with tert-alkyl or cyclic N) is 1. The van der Waals surface area contributed by atoms with Gasteiger partial charge in [0, 0.05) is 26.2 Å². The highest BCUT2D eigenvalue weighted by Gasteiger charge is 2.15. The lowest BCUT2D eigenvalue weighted by atomic mass is 10.2. The molecule has 1 heterocycles. The van der Waals surface area contributed by atoms with E-state index in [9.17, 15) is 5.11 Å². The van der Waals surface area contributed by atoms with Crippen LogP contribution in [0.15, 0.2) is 12.2 Å². The van der Waals surface area contributed by atoms with Crippen LogP contribution in [0.2, 0.25) is 0 Å². The van der Waals surface area contributed by atoms with Crippen LogP contribution in [0.25, 0.3) is 0 Å². The summed E-state index contributed by atoms with van der Waals surface area (Å²) in [5, 5.41) is 12.2. The summed E-state index contributed by atoms with van der Waals surface area (Å²) in [5.74, 6) is 0. The zero-order valence-corrected chi connectivity index (χ0v) is 7.01. The molecule has 0 radical (unpaired) electrons. The minimum Gasteiger partial charge on any atom is -0.377 e. The lowest BCUT2D eigenvalue weighted by molar-refractivity contribution is 0.0591. The molecule has 11 heavy (non-hydrogen) atoms. The van der Waals surface area contributed by atoms with Crippen molar-refractivity contribution in [3.05, 3.63) is 12.2 Å². The number of nitrogens with zero attached hydrogens (tertiary/aromatic N) is 1. The van der Waals surface area contributed by atoms with Gasteiger partial charge in [0.15, 0.2) is 0 Å². The standard InChI is InChI=1S/C8H16N2O/c1-7(2)5-10-4-3-9-8(11)6-10/h8-9,11H,1,3-6H2,2H3. The average molecular weight is 156 g/mol. The molecule has 0 amide bonds. The highest BCUT2D eigenvalue weighted by Crippen LogP contribution is 1.99. The topological polar surface area (TPSA) is 35.5 Å². The molecule has 1 aliphatic heterocycles. The van der Waals surface area contributed by atoms with E-state index in [-0.39, 0.29) is 6.23 Å². The van der Waals surface area contributed by atoms with Crippen LogP contribution in [-0.4, -0.2) is 42.4 Å². The van der Waals surface area contributed by atoms with E-state index in [1.54, 1.807) is 0 Å². The van der Waals surface area contributed by atoms with Crippen LogP contribution in [0.5, 0.6) is 0 Å². The van der Waals surface area contributed by atoms with Crippen molar-refractivity contribution in [2.75, 3.05) is 26.2 Å². The molecule has 64 valence electrons. The number of aliphatic hydroxyl groups excluding tert-OH is 1. The Hall–Kier alpha value is -0.380. The summed E-state index contributed by atoms with van der Waals surface area (Å²) >= 11 is 0. The minimum absolute atomic E-state index is 0.358. The van der Waals surface area contributed by atoms with Crippen molar-refractivity contribution in [2.45, 2.75) is 13.2 Å². The van der Waals surface area contributed by atoms with Crippen molar-refractivity contribution in [1.29, 1.82) is 0 Å². The molecule has 0 aromatic heterocycles. The SMILES string of the molecule is C=C(C)CN1CCNC(O)C1. The molecule has 0 aromatic carbocycles. The van der Waals surface area contributed by atoms with E-state index in [1.165, 1.54) is 0 Å². The molecule has 0 spiro atoms. The molecular formula is C8H16N2O. The van der Waals surface area contributed by atoms with Gasteiger partial charge in [0.1, 0.15) is 6.23 Å². The number of rotatable bonds is 2. The van der Waals surface area contributed by atoms with Crippen molar-refractivity contribution in [3.63, 3.8) is 0 Å². The Labute approximate surface area is 67.7 Å². The number of hydrogen-bond acceptors (Lipinski definition) is 3. The zero-order chi connectivity index (χ0) is 8.27. The van der Waals surface area contributed by atoms with E-state index < -0.39 is 0 Å². The maximum absolute atomic E-state index is 9.21. The fourth-order valence-corrected chi connectivity index (χ4v) is 1.32. The van der Waals surface area contributed by atoms with Crippen LogP contribution in [0.1, 0.15) is 6.92 Å². The van der Waals surface area contributed by atoms with Crippen molar-refractivity contribution in [3.8, 4) is 0 Å². The molecule has 1 aliphatic rings.